The van der Waals surface area contributed by atoms with Crippen LogP contribution >= 0.6 is 0 Å². The van der Waals surface area contributed by atoms with Crippen molar-refractivity contribution in [3.05, 3.63) is 36.0 Å². The zero-order chi connectivity index (χ0) is 11.3. The maximum Gasteiger partial charge on any atom is 0.337 e. The van der Waals surface area contributed by atoms with Gasteiger partial charge in [-0.15, -0.1) is 0 Å². The van der Waals surface area contributed by atoms with Gasteiger partial charge in [0.15, 0.2) is 0 Å². The number of para-hydroxylation sites is 1. The summed E-state index contributed by atoms with van der Waals surface area (Å²) in [6.45, 7) is 0. The number of benzene rings is 1. The number of carbonyl (C=O) groups is 1. The molecular weight excluding hydrogens is 192 g/mol. The molecule has 0 aliphatic rings. The molecule has 0 saturated carbocycles. The number of rotatable bonds is 1. The fourth-order valence-electron chi connectivity index (χ4n) is 1.26. The highest BCUT2D eigenvalue weighted by Crippen LogP contribution is 2.16. The molecule has 0 aliphatic carbocycles. The molecule has 1 aromatic carbocycles. The van der Waals surface area contributed by atoms with Crippen molar-refractivity contribution >= 4 is 16.9 Å². The van der Waals surface area contributed by atoms with Gasteiger partial charge in [-0.1, -0.05) is 12.1 Å². The van der Waals surface area contributed by atoms with Crippen LogP contribution in [0.4, 0.5) is 0 Å². The fraction of sp³-hybridized carbons (Fsp3) is 0.182. The summed E-state index contributed by atoms with van der Waals surface area (Å²) in [6, 6.07) is 7.04. The van der Waals surface area contributed by atoms with Gasteiger partial charge >= 0.3 is 5.97 Å². The van der Waals surface area contributed by atoms with Crippen LogP contribution in [0.3, 0.4) is 0 Å². The molecule has 0 aliphatic heterocycles. The molecule has 80 valence electrons. The van der Waals surface area contributed by atoms with Crippen LogP contribution in [0, 0.1) is 0 Å². The third kappa shape index (κ3) is 2.57. The minimum Gasteiger partial charge on any atom is -0.478 e. The highest BCUT2D eigenvalue weighted by Gasteiger charge is 2.07. The van der Waals surface area contributed by atoms with Crippen LogP contribution in [0.1, 0.15) is 10.4 Å². The van der Waals surface area contributed by atoms with E-state index in [9.17, 15) is 4.79 Å². The predicted molar refractivity (Wildman–Crippen MR) is 60.2 cm³/mol. The molecule has 0 radical (unpaired) electrons. The summed E-state index contributed by atoms with van der Waals surface area (Å²) in [4.78, 5) is 13.6. The molecule has 0 fully saturated rings. The number of H-pyrrole nitrogens is 1. The maximum absolute atomic E-state index is 10.7. The molecular formula is C11H14N2O2. The third-order valence-corrected chi connectivity index (χ3v) is 1.82. The molecule has 0 bridgehead atoms. The van der Waals surface area contributed by atoms with Gasteiger partial charge in [0, 0.05) is 11.6 Å². The topological polar surface area (TPSA) is 65.1 Å². The van der Waals surface area contributed by atoms with Crippen LogP contribution in [0.25, 0.3) is 10.9 Å². The van der Waals surface area contributed by atoms with Crippen molar-refractivity contribution in [1.29, 1.82) is 0 Å². The molecule has 0 unspecified atom stereocenters. The smallest absolute Gasteiger partial charge is 0.337 e. The Labute approximate surface area is 87.9 Å². The molecule has 15 heavy (non-hydrogen) atoms. The van der Waals surface area contributed by atoms with E-state index >= 15 is 0 Å². The second kappa shape index (κ2) is 5.17. The second-order valence-corrected chi connectivity index (χ2v) is 3.05. The SMILES string of the molecule is CNC.O=C(O)c1cccc2cc[nH]c12. The standard InChI is InChI=1S/C9H7NO2.C2H7N/c11-9(12)7-3-1-2-6-4-5-10-8(6)7;1-3-2/h1-5,10H,(H,11,12);3H,1-2H3. The number of aromatic nitrogens is 1. The van der Waals surface area contributed by atoms with E-state index in [0.29, 0.717) is 11.1 Å². The van der Waals surface area contributed by atoms with Crippen molar-refractivity contribution in [1.82, 2.24) is 10.3 Å². The van der Waals surface area contributed by atoms with E-state index < -0.39 is 5.97 Å². The maximum atomic E-state index is 10.7. The van der Waals surface area contributed by atoms with Gasteiger partial charge in [0.2, 0.25) is 0 Å². The average molecular weight is 206 g/mol. The highest BCUT2D eigenvalue weighted by atomic mass is 16.4. The Morgan fingerprint density at radius 3 is 2.60 bits per heavy atom. The van der Waals surface area contributed by atoms with Gasteiger partial charge in [0.05, 0.1) is 11.1 Å². The van der Waals surface area contributed by atoms with Gasteiger partial charge in [-0.25, -0.2) is 4.79 Å². The molecule has 1 heterocycles. The summed E-state index contributed by atoms with van der Waals surface area (Å²) in [5.74, 6) is -0.900. The zero-order valence-electron chi connectivity index (χ0n) is 8.74. The van der Waals surface area contributed by atoms with E-state index in [2.05, 4.69) is 10.3 Å². The van der Waals surface area contributed by atoms with Crippen LogP contribution < -0.4 is 5.32 Å². The van der Waals surface area contributed by atoms with Crippen molar-refractivity contribution in [2.45, 2.75) is 0 Å². The number of aromatic carboxylic acids is 1. The molecule has 2 aromatic rings. The number of carboxylic acids is 1. The minimum atomic E-state index is -0.900. The Bertz CT molecular complexity index is 449. The van der Waals surface area contributed by atoms with Gasteiger partial charge < -0.3 is 15.4 Å². The molecule has 0 saturated heterocycles. The van der Waals surface area contributed by atoms with E-state index in [1.807, 2.05) is 26.2 Å². The van der Waals surface area contributed by atoms with E-state index in [4.69, 9.17) is 5.11 Å². The van der Waals surface area contributed by atoms with Gasteiger partial charge in [-0.3, -0.25) is 0 Å². The summed E-state index contributed by atoms with van der Waals surface area (Å²) in [5, 5.41) is 12.5. The number of nitrogens with one attached hydrogen (secondary N) is 2. The third-order valence-electron chi connectivity index (χ3n) is 1.82. The van der Waals surface area contributed by atoms with Crippen molar-refractivity contribution in [3.63, 3.8) is 0 Å². The lowest BCUT2D eigenvalue weighted by Gasteiger charge is -1.95. The van der Waals surface area contributed by atoms with Crippen LogP contribution in [-0.4, -0.2) is 30.2 Å². The number of hydrogen-bond acceptors (Lipinski definition) is 2. The Morgan fingerprint density at radius 2 is 2.00 bits per heavy atom. The number of hydrogen-bond donors (Lipinski definition) is 3. The lowest BCUT2D eigenvalue weighted by Crippen LogP contribution is -1.96. The van der Waals surface area contributed by atoms with E-state index in [1.165, 1.54) is 0 Å². The van der Waals surface area contributed by atoms with Crippen molar-refractivity contribution in [2.24, 2.45) is 0 Å². The summed E-state index contributed by atoms with van der Waals surface area (Å²) < 4.78 is 0. The van der Waals surface area contributed by atoms with E-state index in [-0.39, 0.29) is 0 Å². The minimum absolute atomic E-state index is 0.317. The first-order chi connectivity index (χ1) is 7.20. The molecule has 2 rings (SSSR count). The fourth-order valence-corrected chi connectivity index (χ4v) is 1.26. The van der Waals surface area contributed by atoms with Gasteiger partial charge in [-0.05, 0) is 26.2 Å². The first-order valence-corrected chi connectivity index (χ1v) is 4.58. The molecule has 4 heteroatoms. The van der Waals surface area contributed by atoms with Crippen molar-refractivity contribution in [3.8, 4) is 0 Å². The average Bonchev–Trinajstić information content (AvgIpc) is 2.65. The van der Waals surface area contributed by atoms with Gasteiger partial charge in [-0.2, -0.15) is 0 Å². The Hall–Kier alpha value is -1.81. The lowest BCUT2D eigenvalue weighted by atomic mass is 10.1. The number of aromatic amines is 1. The Kier molecular flexibility index (Phi) is 3.88. The quantitative estimate of drug-likeness (QED) is 0.665. The molecule has 3 N–H and O–H groups in total. The Morgan fingerprint density at radius 1 is 1.33 bits per heavy atom. The monoisotopic (exact) mass is 206 g/mol. The first-order valence-electron chi connectivity index (χ1n) is 4.58. The van der Waals surface area contributed by atoms with Crippen molar-refractivity contribution < 1.29 is 9.90 Å². The number of fused-ring (bicyclic) bond motifs is 1. The molecule has 4 nitrogen and oxygen atoms in total. The van der Waals surface area contributed by atoms with Crippen LogP contribution in [-0.2, 0) is 0 Å². The second-order valence-electron chi connectivity index (χ2n) is 3.05. The molecule has 0 atom stereocenters. The largest absolute Gasteiger partial charge is 0.478 e. The van der Waals surface area contributed by atoms with Crippen LogP contribution in [0.15, 0.2) is 30.5 Å². The first kappa shape index (κ1) is 11.3. The molecule has 0 amide bonds. The van der Waals surface area contributed by atoms with E-state index in [0.717, 1.165) is 5.39 Å². The molecule has 0 spiro atoms. The summed E-state index contributed by atoms with van der Waals surface area (Å²) in [5.41, 5.74) is 1.00. The van der Waals surface area contributed by atoms with Crippen LogP contribution in [0.5, 0.6) is 0 Å². The van der Waals surface area contributed by atoms with E-state index in [1.54, 1.807) is 18.3 Å². The summed E-state index contributed by atoms with van der Waals surface area (Å²) >= 11 is 0. The van der Waals surface area contributed by atoms with Gasteiger partial charge in [0.1, 0.15) is 0 Å². The molecule has 1 aromatic heterocycles. The van der Waals surface area contributed by atoms with Crippen LogP contribution in [0.2, 0.25) is 0 Å². The normalized spacial score (nSPS) is 9.47. The number of carboxylic acid groups (broad SMARTS) is 1. The summed E-state index contributed by atoms with van der Waals surface area (Å²) in [7, 11) is 3.75. The summed E-state index contributed by atoms with van der Waals surface area (Å²) in [6.07, 6.45) is 1.73. The van der Waals surface area contributed by atoms with Crippen molar-refractivity contribution in [2.75, 3.05) is 14.1 Å². The lowest BCUT2D eigenvalue weighted by molar-refractivity contribution is 0.0699. The Balaban J connectivity index is 0.000000337. The predicted octanol–water partition coefficient (Wildman–Crippen LogP) is 1.70. The van der Waals surface area contributed by atoms with Gasteiger partial charge in [0.25, 0.3) is 0 Å². The zero-order valence-corrected chi connectivity index (χ0v) is 8.74. The highest BCUT2D eigenvalue weighted by molar-refractivity contribution is 6.01.